The largest absolute Gasteiger partial charge is 0.446 e. The molecule has 0 heterocycles. The first kappa shape index (κ1) is 26.9. The van der Waals surface area contributed by atoms with E-state index in [-0.39, 0.29) is 5.75 Å². The van der Waals surface area contributed by atoms with E-state index in [0.717, 1.165) is 38.0 Å². The Morgan fingerprint density at radius 1 is 0.786 bits per heavy atom. The van der Waals surface area contributed by atoms with Crippen LogP contribution in [0.25, 0.3) is 0 Å². The molecule has 0 spiro atoms. The van der Waals surface area contributed by atoms with E-state index in [0.29, 0.717) is 0 Å². The second-order valence-corrected chi connectivity index (χ2v) is 7.85. The van der Waals surface area contributed by atoms with E-state index in [4.69, 9.17) is 9.29 Å². The van der Waals surface area contributed by atoms with E-state index in [9.17, 15) is 8.42 Å². The van der Waals surface area contributed by atoms with Gasteiger partial charge in [0.25, 0.3) is 0 Å². The van der Waals surface area contributed by atoms with Crippen molar-refractivity contribution in [3.8, 4) is 5.75 Å². The molecule has 164 valence electrons. The first-order valence-corrected chi connectivity index (χ1v) is 12.1. The van der Waals surface area contributed by atoms with Crippen molar-refractivity contribution in [2.45, 2.75) is 91.4 Å². The van der Waals surface area contributed by atoms with Gasteiger partial charge in [0.15, 0.2) is 0 Å². The van der Waals surface area contributed by atoms with Gasteiger partial charge < -0.3 is 8.92 Å². The summed E-state index contributed by atoms with van der Waals surface area (Å²) in [5.74, 6) is 0.228. The zero-order valence-electron chi connectivity index (χ0n) is 18.0. The molecule has 0 saturated heterocycles. The fraction of sp³-hybridized carbons (Fsp3) is 0.727. The van der Waals surface area contributed by atoms with Crippen LogP contribution in [0, 0.1) is 0 Å². The molecular formula is C22H40O5S. The van der Waals surface area contributed by atoms with E-state index in [1.54, 1.807) is 12.1 Å². The van der Waals surface area contributed by atoms with Gasteiger partial charge in [-0.1, -0.05) is 82.9 Å². The van der Waals surface area contributed by atoms with Crippen molar-refractivity contribution in [3.63, 3.8) is 0 Å². The summed E-state index contributed by atoms with van der Waals surface area (Å²) in [6.45, 7) is 7.90. The number of ether oxygens (including phenoxy) is 1. The standard InChI is InChI=1S/C18H30O4S.C4H10O/c1-2-3-4-5-6-7-8-9-10-11-14-17-15-12-13-16-18(17)22-23(19,20)21;1-3-5-4-2/h12-13,15-16H,2-11,14H2,1H3,(H,19,20,21);3-4H2,1-2H3. The van der Waals surface area contributed by atoms with Crippen LogP contribution in [0.4, 0.5) is 0 Å². The van der Waals surface area contributed by atoms with E-state index in [2.05, 4.69) is 11.1 Å². The van der Waals surface area contributed by atoms with Gasteiger partial charge in [0.1, 0.15) is 5.75 Å². The van der Waals surface area contributed by atoms with E-state index < -0.39 is 10.4 Å². The quantitative estimate of drug-likeness (QED) is 0.265. The number of benzene rings is 1. The Labute approximate surface area is 172 Å². The van der Waals surface area contributed by atoms with Gasteiger partial charge in [-0.2, -0.15) is 8.42 Å². The maximum Gasteiger partial charge on any atom is 0.446 e. The first-order valence-electron chi connectivity index (χ1n) is 10.8. The summed E-state index contributed by atoms with van der Waals surface area (Å²) in [6, 6.07) is 6.96. The van der Waals surface area contributed by atoms with Crippen LogP contribution >= 0.6 is 0 Å². The highest BCUT2D eigenvalue weighted by molar-refractivity contribution is 7.81. The molecule has 28 heavy (non-hydrogen) atoms. The smallest absolute Gasteiger partial charge is 0.382 e. The molecule has 0 fully saturated rings. The lowest BCUT2D eigenvalue weighted by Gasteiger charge is -2.08. The minimum atomic E-state index is -4.45. The van der Waals surface area contributed by atoms with Crippen molar-refractivity contribution in [3.05, 3.63) is 29.8 Å². The highest BCUT2D eigenvalue weighted by atomic mass is 32.3. The maximum absolute atomic E-state index is 10.8. The minimum absolute atomic E-state index is 0.228. The molecule has 6 heteroatoms. The molecule has 0 aliphatic carbocycles. The molecule has 0 unspecified atom stereocenters. The number of hydrogen-bond donors (Lipinski definition) is 1. The van der Waals surface area contributed by atoms with Crippen LogP contribution in [0.15, 0.2) is 24.3 Å². The van der Waals surface area contributed by atoms with Crippen molar-refractivity contribution in [1.29, 1.82) is 0 Å². The van der Waals surface area contributed by atoms with Crippen molar-refractivity contribution in [2.24, 2.45) is 0 Å². The molecule has 0 radical (unpaired) electrons. The van der Waals surface area contributed by atoms with Gasteiger partial charge in [-0.25, -0.2) is 0 Å². The maximum atomic E-state index is 10.8. The molecule has 0 aliphatic rings. The Hall–Kier alpha value is -1.11. The summed E-state index contributed by atoms with van der Waals surface area (Å²) >= 11 is 0. The second kappa shape index (κ2) is 18.0. The molecule has 0 saturated carbocycles. The number of aryl methyl sites for hydroxylation is 1. The first-order chi connectivity index (χ1) is 13.4. The second-order valence-electron chi connectivity index (χ2n) is 6.83. The van der Waals surface area contributed by atoms with Crippen LogP contribution in [0.5, 0.6) is 5.75 Å². The van der Waals surface area contributed by atoms with Gasteiger partial charge in [-0.05, 0) is 38.3 Å². The van der Waals surface area contributed by atoms with Crippen LogP contribution in [0.3, 0.4) is 0 Å². The third-order valence-corrected chi connectivity index (χ3v) is 4.77. The lowest BCUT2D eigenvalue weighted by Crippen LogP contribution is -2.08. The van der Waals surface area contributed by atoms with Crippen molar-refractivity contribution >= 4 is 10.4 Å². The third-order valence-electron chi connectivity index (χ3n) is 4.38. The SMILES string of the molecule is CCCCCCCCCCCCc1ccccc1OS(=O)(=O)O.CCOCC. The zero-order valence-corrected chi connectivity index (χ0v) is 18.8. The Morgan fingerprint density at radius 3 is 1.75 bits per heavy atom. The van der Waals surface area contributed by atoms with Crippen LogP contribution in [0.2, 0.25) is 0 Å². The van der Waals surface area contributed by atoms with Crippen molar-refractivity contribution in [1.82, 2.24) is 0 Å². The molecule has 1 rings (SSSR count). The summed E-state index contributed by atoms with van der Waals surface area (Å²) in [6.07, 6.45) is 13.4. The molecule has 5 nitrogen and oxygen atoms in total. The topological polar surface area (TPSA) is 72.8 Å². The molecule has 1 aromatic rings. The Morgan fingerprint density at radius 2 is 1.29 bits per heavy atom. The monoisotopic (exact) mass is 416 g/mol. The van der Waals surface area contributed by atoms with Crippen molar-refractivity contribution in [2.75, 3.05) is 13.2 Å². The minimum Gasteiger partial charge on any atom is -0.382 e. The van der Waals surface area contributed by atoms with Crippen molar-refractivity contribution < 1.29 is 21.9 Å². The summed E-state index contributed by atoms with van der Waals surface area (Å²) in [4.78, 5) is 0. The lowest BCUT2D eigenvalue weighted by molar-refractivity contribution is 0.162. The molecular weight excluding hydrogens is 376 g/mol. The summed E-state index contributed by atoms with van der Waals surface area (Å²) in [5, 5.41) is 0. The van der Waals surface area contributed by atoms with Crippen LogP contribution < -0.4 is 4.18 Å². The van der Waals surface area contributed by atoms with Crippen LogP contribution in [-0.2, 0) is 21.6 Å². The molecule has 0 aromatic heterocycles. The Bertz CT molecular complexity index is 570. The molecule has 1 N–H and O–H groups in total. The van der Waals surface area contributed by atoms with E-state index in [1.807, 2.05) is 26.0 Å². The van der Waals surface area contributed by atoms with Gasteiger partial charge in [0, 0.05) is 13.2 Å². The molecule has 0 bridgehead atoms. The Balaban J connectivity index is 0.00000129. The number of rotatable bonds is 15. The van der Waals surface area contributed by atoms with E-state index >= 15 is 0 Å². The van der Waals surface area contributed by atoms with Gasteiger partial charge in [0.2, 0.25) is 0 Å². The predicted molar refractivity (Wildman–Crippen MR) is 116 cm³/mol. The molecule has 0 amide bonds. The highest BCUT2D eigenvalue weighted by Crippen LogP contribution is 2.22. The van der Waals surface area contributed by atoms with Crippen LogP contribution in [0.1, 0.15) is 90.5 Å². The van der Waals surface area contributed by atoms with Gasteiger partial charge in [-0.3, -0.25) is 4.55 Å². The molecule has 0 aliphatic heterocycles. The van der Waals surface area contributed by atoms with E-state index in [1.165, 1.54) is 51.4 Å². The predicted octanol–water partition coefficient (Wildman–Crippen LogP) is 6.37. The molecule has 1 aromatic carbocycles. The average molecular weight is 417 g/mol. The average Bonchev–Trinajstić information content (AvgIpc) is 2.64. The fourth-order valence-corrected chi connectivity index (χ4v) is 3.30. The summed E-state index contributed by atoms with van der Waals surface area (Å²) in [7, 11) is -4.45. The lowest BCUT2D eigenvalue weighted by atomic mass is 10.0. The van der Waals surface area contributed by atoms with Gasteiger partial charge in [-0.15, -0.1) is 0 Å². The zero-order chi connectivity index (χ0) is 21.1. The third kappa shape index (κ3) is 17.0. The van der Waals surface area contributed by atoms with Crippen LogP contribution in [-0.4, -0.2) is 26.2 Å². The Kier molecular flexibility index (Phi) is 17.2. The number of para-hydroxylation sites is 1. The molecule has 0 atom stereocenters. The fourth-order valence-electron chi connectivity index (χ4n) is 2.91. The summed E-state index contributed by atoms with van der Waals surface area (Å²) < 4.78 is 39.9. The number of unbranched alkanes of at least 4 members (excludes halogenated alkanes) is 9. The number of hydrogen-bond acceptors (Lipinski definition) is 4. The normalized spacial score (nSPS) is 11.0. The van der Waals surface area contributed by atoms with Gasteiger partial charge in [0.05, 0.1) is 0 Å². The highest BCUT2D eigenvalue weighted by Gasteiger charge is 2.10. The van der Waals surface area contributed by atoms with Gasteiger partial charge >= 0.3 is 10.4 Å². The summed E-state index contributed by atoms with van der Waals surface area (Å²) in [5.41, 5.74) is 0.824.